The Balaban J connectivity index is 2.47. The molecule has 0 radical (unpaired) electrons. The van der Waals surface area contributed by atoms with Crippen LogP contribution in [0, 0.1) is 0 Å². The molecule has 0 N–H and O–H groups in total. The lowest BCUT2D eigenvalue weighted by molar-refractivity contribution is -0.155. The summed E-state index contributed by atoms with van der Waals surface area (Å²) in [6.45, 7) is 0. The van der Waals surface area contributed by atoms with E-state index in [4.69, 9.17) is 0 Å². The van der Waals surface area contributed by atoms with Crippen molar-refractivity contribution in [1.82, 2.24) is 0 Å². The van der Waals surface area contributed by atoms with Gasteiger partial charge < -0.3 is 4.74 Å². The summed E-state index contributed by atoms with van der Waals surface area (Å²) >= 11 is 0. The van der Waals surface area contributed by atoms with Gasteiger partial charge in [-0.1, -0.05) is 21.6 Å². The first kappa shape index (κ1) is 6.95. The first-order valence-corrected chi connectivity index (χ1v) is 4.76. The lowest BCUT2D eigenvalue weighted by atomic mass is 10.7. The quantitative estimate of drug-likeness (QED) is 0.295. The van der Waals surface area contributed by atoms with Crippen LogP contribution in [0.5, 0.6) is 0 Å². The van der Waals surface area contributed by atoms with Crippen LogP contribution in [0.25, 0.3) is 0 Å². The number of hydrogen-bond donors (Lipinski definition) is 0. The second-order valence-electron chi connectivity index (χ2n) is 1.37. The van der Waals surface area contributed by atoms with E-state index >= 15 is 0 Å². The summed E-state index contributed by atoms with van der Waals surface area (Å²) < 4.78 is 4.29. The van der Waals surface area contributed by atoms with E-state index < -0.39 is 11.9 Å². The fourth-order valence-corrected chi connectivity index (χ4v) is 1.92. The maximum atomic E-state index is 10.4. The molecule has 1 heterocycles. The van der Waals surface area contributed by atoms with Crippen molar-refractivity contribution in [3.05, 3.63) is 0 Å². The van der Waals surface area contributed by atoms with Crippen LogP contribution in [0.2, 0.25) is 0 Å². The molecule has 50 valence electrons. The number of carbonyl (C=O) groups is 2. The molecular weight excluding hydrogens is 160 g/mol. The average molecular weight is 164 g/mol. The van der Waals surface area contributed by atoms with Crippen LogP contribution in [-0.2, 0) is 14.3 Å². The molecule has 0 aliphatic carbocycles. The van der Waals surface area contributed by atoms with Gasteiger partial charge in [0.05, 0.1) is 0 Å². The van der Waals surface area contributed by atoms with Gasteiger partial charge >= 0.3 is 11.9 Å². The van der Waals surface area contributed by atoms with E-state index in [1.54, 1.807) is 0 Å². The summed E-state index contributed by atoms with van der Waals surface area (Å²) in [4.78, 5) is 20.8. The monoisotopic (exact) mass is 164 g/mol. The van der Waals surface area contributed by atoms with Gasteiger partial charge in [-0.25, -0.2) is 0 Å². The molecule has 0 spiro atoms. The molecule has 1 aliphatic rings. The number of carbonyl (C=O) groups excluding carboxylic acids is 2. The van der Waals surface area contributed by atoms with Gasteiger partial charge in [-0.2, -0.15) is 0 Å². The molecule has 5 heteroatoms. The van der Waals surface area contributed by atoms with Crippen LogP contribution in [0.4, 0.5) is 0 Å². The van der Waals surface area contributed by atoms with Crippen molar-refractivity contribution in [3.8, 4) is 0 Å². The van der Waals surface area contributed by atoms with Crippen molar-refractivity contribution in [2.75, 3.05) is 11.5 Å². The Hall–Kier alpha value is -0.160. The minimum Gasteiger partial charge on any atom is -0.392 e. The highest BCUT2D eigenvalue weighted by molar-refractivity contribution is 8.77. The smallest absolute Gasteiger partial charge is 0.324 e. The first-order chi connectivity index (χ1) is 4.29. The van der Waals surface area contributed by atoms with Gasteiger partial charge in [0, 0.05) is 0 Å². The number of esters is 2. The predicted molar refractivity (Wildman–Crippen MR) is 36.0 cm³/mol. The Morgan fingerprint density at radius 1 is 1.11 bits per heavy atom. The van der Waals surface area contributed by atoms with Crippen LogP contribution < -0.4 is 0 Å². The number of ether oxygens (including phenoxy) is 1. The average Bonchev–Trinajstić information content (AvgIpc) is 1.93. The molecule has 1 saturated heterocycles. The summed E-state index contributed by atoms with van der Waals surface area (Å²) in [5, 5.41) is 0. The molecule has 0 bridgehead atoms. The lowest BCUT2D eigenvalue weighted by Gasteiger charge is -1.90. The van der Waals surface area contributed by atoms with Gasteiger partial charge in [0.25, 0.3) is 0 Å². The Morgan fingerprint density at radius 3 is 2.00 bits per heavy atom. The molecule has 9 heavy (non-hydrogen) atoms. The highest BCUT2D eigenvalue weighted by Gasteiger charge is 2.15. The van der Waals surface area contributed by atoms with Crippen molar-refractivity contribution in [2.24, 2.45) is 0 Å². The second-order valence-corrected chi connectivity index (χ2v) is 3.83. The lowest BCUT2D eigenvalue weighted by Crippen LogP contribution is -2.12. The number of cyclic esters (lactones) is 2. The fraction of sp³-hybridized carbons (Fsp3) is 0.500. The van der Waals surface area contributed by atoms with E-state index in [1.165, 1.54) is 21.6 Å². The van der Waals surface area contributed by atoms with E-state index in [9.17, 15) is 9.59 Å². The summed E-state index contributed by atoms with van der Waals surface area (Å²) in [5.41, 5.74) is 0. The third kappa shape index (κ3) is 2.28. The van der Waals surface area contributed by atoms with Crippen molar-refractivity contribution < 1.29 is 14.3 Å². The standard InChI is InChI=1S/C4H4O3S2/c5-3-1-8-9-2-4(6)7-3/h1-2H2. The van der Waals surface area contributed by atoms with Crippen molar-refractivity contribution in [2.45, 2.75) is 0 Å². The number of rotatable bonds is 0. The maximum Gasteiger partial charge on any atom is 0.324 e. The Bertz CT molecular complexity index is 129. The van der Waals surface area contributed by atoms with Gasteiger partial charge in [0.15, 0.2) is 0 Å². The number of hydrogen-bond acceptors (Lipinski definition) is 5. The minimum absolute atomic E-state index is 0.274. The van der Waals surface area contributed by atoms with Gasteiger partial charge in [-0.15, -0.1) is 0 Å². The summed E-state index contributed by atoms with van der Waals surface area (Å²) in [7, 11) is 2.70. The zero-order valence-corrected chi connectivity index (χ0v) is 6.09. The molecule has 0 aromatic rings. The van der Waals surface area contributed by atoms with Gasteiger partial charge in [-0.3, -0.25) is 9.59 Å². The Labute approximate surface area is 59.9 Å². The van der Waals surface area contributed by atoms with Crippen molar-refractivity contribution in [1.29, 1.82) is 0 Å². The van der Waals surface area contributed by atoms with E-state index in [-0.39, 0.29) is 11.5 Å². The molecule has 0 unspecified atom stereocenters. The molecule has 0 atom stereocenters. The van der Waals surface area contributed by atoms with Gasteiger partial charge in [0.1, 0.15) is 11.5 Å². The predicted octanol–water partition coefficient (Wildman–Crippen LogP) is 0.451. The molecule has 0 amide bonds. The maximum absolute atomic E-state index is 10.4. The normalized spacial score (nSPS) is 20.9. The summed E-state index contributed by atoms with van der Waals surface area (Å²) in [5.74, 6) is -0.322. The molecule has 1 aliphatic heterocycles. The van der Waals surface area contributed by atoms with Crippen LogP contribution in [0.15, 0.2) is 0 Å². The fourth-order valence-electron chi connectivity index (χ4n) is 0.365. The summed E-state index contributed by atoms with van der Waals surface area (Å²) in [6.07, 6.45) is 0. The topological polar surface area (TPSA) is 43.4 Å². The Morgan fingerprint density at radius 2 is 1.56 bits per heavy atom. The molecule has 1 rings (SSSR count). The highest BCUT2D eigenvalue weighted by atomic mass is 33.1. The van der Waals surface area contributed by atoms with E-state index in [0.29, 0.717) is 0 Å². The minimum atomic E-state index is -0.435. The first-order valence-electron chi connectivity index (χ1n) is 2.27. The van der Waals surface area contributed by atoms with Gasteiger partial charge in [-0.05, 0) is 0 Å². The molecule has 1 fully saturated rings. The Kier molecular flexibility index (Phi) is 2.41. The van der Waals surface area contributed by atoms with E-state index in [2.05, 4.69) is 4.74 Å². The van der Waals surface area contributed by atoms with E-state index in [0.717, 1.165) is 0 Å². The molecule has 0 aromatic heterocycles. The largest absolute Gasteiger partial charge is 0.392 e. The third-order valence-electron chi connectivity index (χ3n) is 0.665. The van der Waals surface area contributed by atoms with E-state index in [1.807, 2.05) is 0 Å². The third-order valence-corrected chi connectivity index (χ3v) is 2.75. The van der Waals surface area contributed by atoms with Crippen molar-refractivity contribution in [3.63, 3.8) is 0 Å². The molecule has 0 saturated carbocycles. The van der Waals surface area contributed by atoms with Crippen molar-refractivity contribution >= 4 is 33.5 Å². The summed E-state index contributed by atoms with van der Waals surface area (Å²) in [6, 6.07) is 0. The molecule has 0 aromatic carbocycles. The van der Waals surface area contributed by atoms with Crippen LogP contribution in [0.1, 0.15) is 0 Å². The van der Waals surface area contributed by atoms with Crippen LogP contribution in [-0.4, -0.2) is 23.4 Å². The van der Waals surface area contributed by atoms with Gasteiger partial charge in [0.2, 0.25) is 0 Å². The van der Waals surface area contributed by atoms with Crippen LogP contribution >= 0.6 is 21.6 Å². The molecule has 3 nitrogen and oxygen atoms in total. The zero-order chi connectivity index (χ0) is 6.69. The zero-order valence-electron chi connectivity index (χ0n) is 4.46. The highest BCUT2D eigenvalue weighted by Crippen LogP contribution is 2.23. The van der Waals surface area contributed by atoms with Crippen LogP contribution in [0.3, 0.4) is 0 Å². The SMILES string of the molecule is O=C1CSSCC(=O)O1. The molecular formula is C4H4O3S2. The second kappa shape index (κ2) is 3.12.